The Morgan fingerprint density at radius 3 is 2.54 bits per heavy atom. The first-order valence-corrected chi connectivity index (χ1v) is 9.47. The predicted molar refractivity (Wildman–Crippen MR) is 97.8 cm³/mol. The normalized spacial score (nSPS) is 23.8. The lowest BCUT2D eigenvalue weighted by Gasteiger charge is -2.44. The molecule has 1 aromatic carbocycles. The van der Waals surface area contributed by atoms with Crippen LogP contribution in [-0.4, -0.2) is 31.8 Å². The van der Waals surface area contributed by atoms with Crippen molar-refractivity contribution < 1.29 is 9.90 Å². The summed E-state index contributed by atoms with van der Waals surface area (Å²) >= 11 is 5.99. The largest absolute Gasteiger partial charge is 0.388 e. The van der Waals surface area contributed by atoms with Crippen LogP contribution >= 0.6 is 11.6 Å². The summed E-state index contributed by atoms with van der Waals surface area (Å²) < 4.78 is 1.85. The Morgan fingerprint density at radius 1 is 1.31 bits per heavy atom. The van der Waals surface area contributed by atoms with Gasteiger partial charge in [-0.05, 0) is 43.4 Å². The maximum absolute atomic E-state index is 13.0. The molecule has 138 valence electrons. The summed E-state index contributed by atoms with van der Waals surface area (Å²) in [7, 11) is 1.87. The Bertz CT molecular complexity index is 807. The van der Waals surface area contributed by atoms with Crippen LogP contribution in [0.5, 0.6) is 0 Å². The third kappa shape index (κ3) is 2.81. The highest BCUT2D eigenvalue weighted by atomic mass is 35.5. The van der Waals surface area contributed by atoms with Crippen LogP contribution < -0.4 is 5.32 Å². The molecule has 0 bridgehead atoms. The zero-order chi connectivity index (χ0) is 18.3. The van der Waals surface area contributed by atoms with Crippen molar-refractivity contribution in [2.45, 2.75) is 56.1 Å². The molecule has 1 heterocycles. The average molecular weight is 375 g/mol. The summed E-state index contributed by atoms with van der Waals surface area (Å²) in [5, 5.41) is 21.3. The van der Waals surface area contributed by atoms with Crippen molar-refractivity contribution in [3.8, 4) is 0 Å². The van der Waals surface area contributed by atoms with Gasteiger partial charge in [0.05, 0.1) is 5.41 Å². The van der Waals surface area contributed by atoms with Crippen LogP contribution in [0.2, 0.25) is 5.02 Å². The molecule has 2 N–H and O–H groups in total. The van der Waals surface area contributed by atoms with Crippen molar-refractivity contribution in [1.29, 1.82) is 0 Å². The van der Waals surface area contributed by atoms with Crippen LogP contribution in [0.4, 0.5) is 0 Å². The Morgan fingerprint density at radius 2 is 2.00 bits per heavy atom. The first-order valence-electron chi connectivity index (χ1n) is 9.09. The Labute approximate surface area is 157 Å². The lowest BCUT2D eigenvalue weighted by Crippen LogP contribution is -2.54. The van der Waals surface area contributed by atoms with Gasteiger partial charge in [-0.15, -0.1) is 10.2 Å². The van der Waals surface area contributed by atoms with Crippen molar-refractivity contribution in [2.75, 3.05) is 0 Å². The fraction of sp³-hybridized carbons (Fsp3) is 0.526. The molecule has 0 unspecified atom stereocenters. The maximum Gasteiger partial charge on any atom is 0.230 e. The van der Waals surface area contributed by atoms with Crippen molar-refractivity contribution in [3.63, 3.8) is 0 Å². The van der Waals surface area contributed by atoms with Crippen molar-refractivity contribution in [3.05, 3.63) is 46.5 Å². The van der Waals surface area contributed by atoms with Gasteiger partial charge in [-0.3, -0.25) is 4.79 Å². The van der Waals surface area contributed by atoms with E-state index < -0.39 is 5.41 Å². The van der Waals surface area contributed by atoms with E-state index in [1.54, 1.807) is 0 Å². The highest BCUT2D eigenvalue weighted by Crippen LogP contribution is 2.45. The van der Waals surface area contributed by atoms with E-state index in [1.165, 1.54) is 0 Å². The molecule has 0 aliphatic heterocycles. The second-order valence-corrected chi connectivity index (χ2v) is 7.91. The number of carbonyl (C=O) groups is 1. The minimum absolute atomic E-state index is 0.111. The summed E-state index contributed by atoms with van der Waals surface area (Å²) in [5.41, 5.74) is 0.659. The summed E-state index contributed by atoms with van der Waals surface area (Å²) in [6.07, 6.45) is 4.57. The number of hydrogen-bond acceptors (Lipinski definition) is 4. The molecule has 2 aromatic rings. The van der Waals surface area contributed by atoms with E-state index in [0.29, 0.717) is 10.8 Å². The number of benzene rings is 1. The second-order valence-electron chi connectivity index (χ2n) is 7.47. The quantitative estimate of drug-likeness (QED) is 0.842. The lowest BCUT2D eigenvalue weighted by molar-refractivity contribution is -0.131. The number of aromatic nitrogens is 3. The number of nitrogens with one attached hydrogen (secondary N) is 1. The fourth-order valence-corrected chi connectivity index (χ4v) is 4.21. The third-order valence-corrected chi connectivity index (χ3v) is 6.27. The molecule has 1 aromatic heterocycles. The van der Waals surface area contributed by atoms with E-state index >= 15 is 0 Å². The highest BCUT2D eigenvalue weighted by Gasteiger charge is 2.47. The van der Waals surface area contributed by atoms with Gasteiger partial charge < -0.3 is 15.0 Å². The van der Waals surface area contributed by atoms with Gasteiger partial charge in [0.2, 0.25) is 5.91 Å². The zero-order valence-corrected chi connectivity index (χ0v) is 15.5. The molecule has 2 fully saturated rings. The molecular formula is C19H23ClN4O2. The van der Waals surface area contributed by atoms with E-state index in [0.717, 1.165) is 43.5 Å². The number of aliphatic hydroxyl groups excluding tert-OH is 1. The number of rotatable bonds is 5. The van der Waals surface area contributed by atoms with Gasteiger partial charge in [0.25, 0.3) is 0 Å². The Hall–Kier alpha value is -1.92. The van der Waals surface area contributed by atoms with Gasteiger partial charge in [-0.2, -0.15) is 0 Å². The van der Waals surface area contributed by atoms with Gasteiger partial charge in [0.15, 0.2) is 5.82 Å². The van der Waals surface area contributed by atoms with Gasteiger partial charge in [-0.1, -0.05) is 30.2 Å². The van der Waals surface area contributed by atoms with Crippen molar-refractivity contribution >= 4 is 17.5 Å². The molecular weight excluding hydrogens is 352 g/mol. The Kier molecular flexibility index (Phi) is 4.49. The van der Waals surface area contributed by atoms with Crippen LogP contribution in [0.1, 0.15) is 55.2 Å². The Balaban J connectivity index is 1.40. The number of nitrogens with zero attached hydrogens (tertiary/aromatic N) is 3. The van der Waals surface area contributed by atoms with Crippen LogP contribution in [-0.2, 0) is 23.9 Å². The number of aliphatic hydroxyl groups is 1. The number of halogens is 1. The molecule has 6 nitrogen and oxygen atoms in total. The summed E-state index contributed by atoms with van der Waals surface area (Å²) in [6, 6.07) is 7.83. The molecule has 4 rings (SSSR count). The van der Waals surface area contributed by atoms with Crippen molar-refractivity contribution in [2.24, 2.45) is 7.05 Å². The van der Waals surface area contributed by atoms with Crippen LogP contribution in [0.25, 0.3) is 0 Å². The summed E-state index contributed by atoms with van der Waals surface area (Å²) in [5.74, 6) is 1.87. The summed E-state index contributed by atoms with van der Waals surface area (Å²) in [4.78, 5) is 13.0. The number of carbonyl (C=O) groups excluding carboxylic acids is 1. The first kappa shape index (κ1) is 17.5. The average Bonchev–Trinajstić information content (AvgIpc) is 2.91. The molecule has 7 heteroatoms. The molecule has 0 atom stereocenters. The molecule has 0 radical (unpaired) electrons. The molecule has 2 saturated carbocycles. The lowest BCUT2D eigenvalue weighted by atomic mass is 9.63. The molecule has 0 saturated heterocycles. The minimum atomic E-state index is -0.398. The minimum Gasteiger partial charge on any atom is -0.388 e. The number of hydrogen-bond donors (Lipinski definition) is 2. The SMILES string of the molecule is Cn1c(CO)nnc1C1CC(NC(=O)C2(c3ccc(Cl)cc3)CCC2)C1. The zero-order valence-electron chi connectivity index (χ0n) is 14.8. The van der Waals surface area contributed by atoms with E-state index in [2.05, 4.69) is 15.5 Å². The third-order valence-electron chi connectivity index (χ3n) is 6.02. The van der Waals surface area contributed by atoms with Gasteiger partial charge >= 0.3 is 0 Å². The van der Waals surface area contributed by atoms with Crippen molar-refractivity contribution in [1.82, 2.24) is 20.1 Å². The second kappa shape index (κ2) is 6.67. The monoisotopic (exact) mass is 374 g/mol. The standard InChI is InChI=1S/C19H23ClN4O2/c1-24-16(11-25)22-23-17(24)12-9-15(10-12)21-18(26)19(7-2-8-19)13-3-5-14(20)6-4-13/h3-6,12,15,25H,2,7-11H2,1H3,(H,21,26). The van der Waals surface area contributed by atoms with E-state index in [-0.39, 0.29) is 24.5 Å². The summed E-state index contributed by atoms with van der Waals surface area (Å²) in [6.45, 7) is -0.111. The van der Waals surface area contributed by atoms with E-state index in [4.69, 9.17) is 11.6 Å². The molecule has 26 heavy (non-hydrogen) atoms. The molecule has 2 aliphatic carbocycles. The fourth-order valence-electron chi connectivity index (χ4n) is 4.08. The van der Waals surface area contributed by atoms with Crippen LogP contribution in [0, 0.1) is 0 Å². The molecule has 2 aliphatic rings. The molecule has 1 amide bonds. The van der Waals surface area contributed by atoms with Gasteiger partial charge in [0.1, 0.15) is 12.4 Å². The van der Waals surface area contributed by atoms with Gasteiger partial charge in [-0.25, -0.2) is 0 Å². The van der Waals surface area contributed by atoms with Gasteiger partial charge in [0, 0.05) is 24.0 Å². The van der Waals surface area contributed by atoms with Crippen LogP contribution in [0.15, 0.2) is 24.3 Å². The van der Waals surface area contributed by atoms with Crippen LogP contribution in [0.3, 0.4) is 0 Å². The highest BCUT2D eigenvalue weighted by molar-refractivity contribution is 6.30. The molecule has 0 spiro atoms. The number of amides is 1. The predicted octanol–water partition coefficient (Wildman–Crippen LogP) is 2.44. The smallest absolute Gasteiger partial charge is 0.230 e. The maximum atomic E-state index is 13.0. The van der Waals surface area contributed by atoms with E-state index in [1.807, 2.05) is 35.9 Å². The topological polar surface area (TPSA) is 80.0 Å². The van der Waals surface area contributed by atoms with E-state index in [9.17, 15) is 9.90 Å². The first-order chi connectivity index (χ1) is 12.5.